The number of hydrogen-bond donors (Lipinski definition) is 0. The van der Waals surface area contributed by atoms with Gasteiger partial charge in [-0.2, -0.15) is 0 Å². The Bertz CT molecular complexity index is 37.1. The molecule has 0 bridgehead atoms. The topological polar surface area (TPSA) is 3.24 Å². The van der Waals surface area contributed by atoms with Gasteiger partial charge in [-0.25, -0.2) is 0 Å². The van der Waals surface area contributed by atoms with E-state index in [0.717, 1.165) is 5.92 Å². The van der Waals surface area contributed by atoms with Crippen molar-refractivity contribution in [3.05, 3.63) is 0 Å². The lowest BCUT2D eigenvalue weighted by Crippen LogP contribution is -1.99. The normalized spacial score (nSPS) is 9.33. The van der Waals surface area contributed by atoms with Gasteiger partial charge in [0.15, 0.2) is 0 Å². The second-order valence-corrected chi connectivity index (χ2v) is 3.14. The van der Waals surface area contributed by atoms with Crippen LogP contribution in [0.5, 0.6) is 0 Å². The molecule has 0 N–H and O–H groups in total. The maximum atomic E-state index is 2.22. The largest absolute Gasteiger partial charge is 0.312 e. The predicted octanol–water partition coefficient (Wildman–Crippen LogP) is 2.23. The highest BCUT2D eigenvalue weighted by molar-refractivity contribution is 4.32. The minimum Gasteiger partial charge on any atom is -0.312 e. The highest BCUT2D eigenvalue weighted by atomic mass is 15.0. The van der Waals surface area contributed by atoms with Crippen LogP contribution < -0.4 is 0 Å². The first kappa shape index (κ1) is 11.7. The van der Waals surface area contributed by atoms with Crippen molar-refractivity contribution < 1.29 is 0 Å². The zero-order valence-corrected chi connectivity index (χ0v) is 7.73. The van der Waals surface area contributed by atoms with E-state index >= 15 is 0 Å². The van der Waals surface area contributed by atoms with Gasteiger partial charge in [-0.15, -0.1) is 0 Å². The quantitative estimate of drug-likeness (QED) is 0.527. The predicted molar refractivity (Wildman–Crippen MR) is 44.7 cm³/mol. The highest BCUT2D eigenvalue weighted by Crippen LogP contribution is 1.93. The first-order chi connectivity index (χ1) is 4.00. The molecule has 0 atom stereocenters. The van der Waals surface area contributed by atoms with E-state index in [0.29, 0.717) is 0 Å². The molecule has 0 spiro atoms. The maximum Gasteiger partial charge on any atom is -0.0140 e. The van der Waals surface area contributed by atoms with Crippen LogP contribution in [-0.4, -0.2) is 26.0 Å². The van der Waals surface area contributed by atoms with E-state index in [4.69, 9.17) is 0 Å². The molecule has 0 fully saturated rings. The molecule has 1 heteroatoms. The molecular formula is C8H21N. The summed E-state index contributed by atoms with van der Waals surface area (Å²) in [7, 11) is 6.00. The Morgan fingerprint density at radius 3 is 1.22 bits per heavy atom. The van der Waals surface area contributed by atoms with Crippen molar-refractivity contribution in [3.8, 4) is 0 Å². The van der Waals surface area contributed by atoms with Gasteiger partial charge in [0.2, 0.25) is 0 Å². The molecule has 1 nitrogen and oxygen atoms in total. The summed E-state index contributed by atoms with van der Waals surface area (Å²) in [5.41, 5.74) is 0. The van der Waals surface area contributed by atoms with E-state index in [-0.39, 0.29) is 0 Å². The summed E-state index contributed by atoms with van der Waals surface area (Å²) < 4.78 is 0. The Balaban J connectivity index is 0. The van der Waals surface area contributed by atoms with Crippen LogP contribution in [0.25, 0.3) is 0 Å². The number of rotatable bonds is 1. The van der Waals surface area contributed by atoms with Crippen molar-refractivity contribution in [2.75, 3.05) is 21.1 Å². The maximum absolute atomic E-state index is 2.22. The zero-order chi connectivity index (χ0) is 7.86. The van der Waals surface area contributed by atoms with Crippen LogP contribution in [0.1, 0.15) is 27.2 Å². The second-order valence-electron chi connectivity index (χ2n) is 3.14. The first-order valence-electron chi connectivity index (χ1n) is 3.61. The molecule has 0 unspecified atom stereocenters. The van der Waals surface area contributed by atoms with Gasteiger partial charge in [0, 0.05) is 0 Å². The Labute approximate surface area is 60.1 Å². The molecule has 0 saturated heterocycles. The molecule has 0 amide bonds. The van der Waals surface area contributed by atoms with E-state index in [2.05, 4.69) is 20.8 Å². The van der Waals surface area contributed by atoms with Crippen LogP contribution in [0.3, 0.4) is 0 Å². The lowest BCUT2D eigenvalue weighted by atomic mass is 10.2. The van der Waals surface area contributed by atoms with Crippen molar-refractivity contribution in [3.63, 3.8) is 0 Å². The Morgan fingerprint density at radius 1 is 1.11 bits per heavy atom. The third kappa shape index (κ3) is 73.6. The van der Waals surface area contributed by atoms with Gasteiger partial charge in [0.05, 0.1) is 0 Å². The minimum atomic E-state index is 0.884. The molecule has 0 saturated carbocycles. The van der Waals surface area contributed by atoms with Gasteiger partial charge in [-0.3, -0.25) is 0 Å². The van der Waals surface area contributed by atoms with Crippen LogP contribution >= 0.6 is 0 Å². The molecule has 0 aromatic heterocycles. The molecule has 0 radical (unpaired) electrons. The van der Waals surface area contributed by atoms with Crippen molar-refractivity contribution in [1.29, 1.82) is 0 Å². The molecule has 0 aliphatic rings. The van der Waals surface area contributed by atoms with Crippen LogP contribution in [-0.2, 0) is 0 Å². The second kappa shape index (κ2) is 7.96. The van der Waals surface area contributed by atoms with Gasteiger partial charge in [0.1, 0.15) is 0 Å². The van der Waals surface area contributed by atoms with Gasteiger partial charge < -0.3 is 4.90 Å². The Kier molecular flexibility index (Phi) is 10.4. The Hall–Kier alpha value is -0.0400. The minimum absolute atomic E-state index is 0.884. The molecule has 0 aliphatic carbocycles. The average molecular weight is 131 g/mol. The zero-order valence-electron chi connectivity index (χ0n) is 7.73. The monoisotopic (exact) mass is 131 g/mol. The molecule has 58 valence electrons. The van der Waals surface area contributed by atoms with Gasteiger partial charge >= 0.3 is 0 Å². The van der Waals surface area contributed by atoms with Crippen LogP contribution in [0.15, 0.2) is 0 Å². The summed E-state index contributed by atoms with van der Waals surface area (Å²) in [6.07, 6.45) is 1.31. The summed E-state index contributed by atoms with van der Waals surface area (Å²) in [4.78, 5) is 2.00. The SMILES string of the molecule is CCC(C)C.CN(C)C. The van der Waals surface area contributed by atoms with E-state index in [1.54, 1.807) is 0 Å². The van der Waals surface area contributed by atoms with Crippen LogP contribution in [0.2, 0.25) is 0 Å². The van der Waals surface area contributed by atoms with Gasteiger partial charge in [-0.1, -0.05) is 27.2 Å². The fraction of sp³-hybridized carbons (Fsp3) is 1.00. The number of hydrogen-bond acceptors (Lipinski definition) is 1. The fourth-order valence-corrected chi connectivity index (χ4v) is 0. The summed E-state index contributed by atoms with van der Waals surface area (Å²) in [5.74, 6) is 0.884. The molecule has 0 rings (SSSR count). The van der Waals surface area contributed by atoms with Crippen LogP contribution in [0.4, 0.5) is 0 Å². The molecular weight excluding hydrogens is 110 g/mol. The van der Waals surface area contributed by atoms with E-state index in [1.807, 2.05) is 26.0 Å². The van der Waals surface area contributed by atoms with E-state index < -0.39 is 0 Å². The van der Waals surface area contributed by atoms with Gasteiger partial charge in [0.25, 0.3) is 0 Å². The lowest BCUT2D eigenvalue weighted by molar-refractivity contribution is 0.505. The summed E-state index contributed by atoms with van der Waals surface area (Å²) in [5, 5.41) is 0. The highest BCUT2D eigenvalue weighted by Gasteiger charge is 1.80. The van der Waals surface area contributed by atoms with Crippen molar-refractivity contribution in [2.24, 2.45) is 5.92 Å². The first-order valence-corrected chi connectivity index (χ1v) is 3.61. The smallest absolute Gasteiger partial charge is 0.0140 e. The standard InChI is InChI=1S/C5H12.C3H9N/c1-4-5(2)3;1-4(2)3/h5H,4H2,1-3H3;1-3H3. The molecule has 0 aromatic rings. The Morgan fingerprint density at radius 2 is 1.22 bits per heavy atom. The average Bonchev–Trinajstić information content (AvgIpc) is 1.65. The number of nitrogens with zero attached hydrogens (tertiary/aromatic N) is 1. The molecule has 0 heterocycles. The van der Waals surface area contributed by atoms with E-state index in [1.165, 1.54) is 6.42 Å². The third-order valence-corrected chi connectivity index (χ3v) is 0.816. The molecule has 9 heavy (non-hydrogen) atoms. The fourth-order valence-electron chi connectivity index (χ4n) is 0. The summed E-state index contributed by atoms with van der Waals surface area (Å²) in [6.45, 7) is 6.64. The van der Waals surface area contributed by atoms with Crippen molar-refractivity contribution in [2.45, 2.75) is 27.2 Å². The molecule has 0 aromatic carbocycles. The summed E-state index contributed by atoms with van der Waals surface area (Å²) in [6, 6.07) is 0. The van der Waals surface area contributed by atoms with Gasteiger partial charge in [-0.05, 0) is 27.1 Å². The van der Waals surface area contributed by atoms with Crippen molar-refractivity contribution in [1.82, 2.24) is 4.90 Å². The molecule has 0 aliphatic heterocycles. The van der Waals surface area contributed by atoms with Crippen molar-refractivity contribution >= 4 is 0 Å². The lowest BCUT2D eigenvalue weighted by Gasteiger charge is -1.90. The summed E-state index contributed by atoms with van der Waals surface area (Å²) >= 11 is 0. The third-order valence-electron chi connectivity index (χ3n) is 0.816. The van der Waals surface area contributed by atoms with E-state index in [9.17, 15) is 0 Å². The van der Waals surface area contributed by atoms with Crippen LogP contribution in [0, 0.1) is 5.92 Å².